The molecule has 8 heteroatoms. The van der Waals surface area contributed by atoms with Gasteiger partial charge >= 0.3 is 0 Å². The minimum Gasteiger partial charge on any atom is -0.368 e. The summed E-state index contributed by atoms with van der Waals surface area (Å²) in [6, 6.07) is 10.3. The molecule has 1 aliphatic rings. The first-order valence-electron chi connectivity index (χ1n) is 9.45. The Morgan fingerprint density at radius 1 is 1.39 bits per heavy atom. The van der Waals surface area contributed by atoms with Gasteiger partial charge in [0.2, 0.25) is 0 Å². The van der Waals surface area contributed by atoms with Crippen LogP contribution in [0.5, 0.6) is 0 Å². The molecule has 1 heterocycles. The molecule has 2 N–H and O–H groups in total. The Morgan fingerprint density at radius 2 is 2.11 bits per heavy atom. The van der Waals surface area contributed by atoms with Gasteiger partial charge in [-0.25, -0.2) is 0 Å². The molecular weight excluding hydrogens is 485 g/mol. The Morgan fingerprint density at radius 3 is 2.75 bits per heavy atom. The van der Waals surface area contributed by atoms with Gasteiger partial charge in [0.25, 0.3) is 0 Å². The van der Waals surface area contributed by atoms with Crippen LogP contribution in [-0.2, 0) is 10.8 Å². The number of hydrogen-bond donors (Lipinski definition) is 2. The monoisotopic (exact) mass is 517 g/mol. The first-order chi connectivity index (χ1) is 12.8. The van der Waals surface area contributed by atoms with E-state index in [0.717, 1.165) is 37.6 Å². The Hall–Kier alpha value is -1.34. The molecule has 0 saturated carbocycles. The Bertz CT molecular complexity index is 726. The van der Waals surface area contributed by atoms with E-state index >= 15 is 0 Å². The van der Waals surface area contributed by atoms with E-state index in [0.29, 0.717) is 17.9 Å². The molecule has 0 amide bonds. The maximum absolute atomic E-state index is 12.2. The maximum Gasteiger partial charge on any atom is 0.191 e. The highest BCUT2D eigenvalue weighted by molar-refractivity contribution is 14.0. The van der Waals surface area contributed by atoms with Crippen LogP contribution in [0.25, 0.3) is 0 Å². The molecule has 156 valence electrons. The summed E-state index contributed by atoms with van der Waals surface area (Å²) in [5, 5.41) is 16.1. The van der Waals surface area contributed by atoms with Crippen LogP contribution in [-0.4, -0.2) is 53.4 Å². The largest absolute Gasteiger partial charge is 0.368 e. The lowest BCUT2D eigenvalue weighted by atomic mass is 10.0. The van der Waals surface area contributed by atoms with Gasteiger partial charge in [-0.15, -0.1) is 24.0 Å². The van der Waals surface area contributed by atoms with E-state index in [1.165, 1.54) is 0 Å². The number of aliphatic imine (C=N–C) groups is 1. The van der Waals surface area contributed by atoms with Gasteiger partial charge in [-0.1, -0.05) is 12.1 Å². The average Bonchev–Trinajstić information content (AvgIpc) is 2.66. The SMILES string of the molecule is CN=C(NCCS(=O)C(C)(C)C)NC1CCCN(c2ccccc2C#N)C1.I. The van der Waals surface area contributed by atoms with Crippen molar-refractivity contribution >= 4 is 46.4 Å². The van der Waals surface area contributed by atoms with Crippen LogP contribution in [0.15, 0.2) is 29.3 Å². The van der Waals surface area contributed by atoms with Gasteiger partial charge in [0, 0.05) is 54.0 Å². The lowest BCUT2D eigenvalue weighted by Crippen LogP contribution is -2.52. The van der Waals surface area contributed by atoms with E-state index in [1.54, 1.807) is 7.05 Å². The fourth-order valence-electron chi connectivity index (χ4n) is 3.11. The summed E-state index contributed by atoms with van der Waals surface area (Å²) in [5.74, 6) is 1.33. The normalized spacial score (nSPS) is 18.6. The summed E-state index contributed by atoms with van der Waals surface area (Å²) in [7, 11) is 0.871. The van der Waals surface area contributed by atoms with Crippen molar-refractivity contribution in [2.45, 2.75) is 44.4 Å². The van der Waals surface area contributed by atoms with Crippen molar-refractivity contribution < 1.29 is 4.21 Å². The first-order valence-corrected chi connectivity index (χ1v) is 10.8. The molecule has 2 rings (SSSR count). The predicted octanol–water partition coefficient (Wildman–Crippen LogP) is 2.86. The zero-order valence-corrected chi connectivity index (χ0v) is 20.3. The van der Waals surface area contributed by atoms with Crippen LogP contribution < -0.4 is 15.5 Å². The molecule has 1 aromatic carbocycles. The molecule has 0 aromatic heterocycles. The minimum atomic E-state index is -0.881. The number of benzene rings is 1. The number of para-hydroxylation sites is 1. The van der Waals surface area contributed by atoms with Gasteiger partial charge in [-0.2, -0.15) is 5.26 Å². The van der Waals surface area contributed by atoms with Crippen molar-refractivity contribution in [2.24, 2.45) is 4.99 Å². The molecule has 0 aliphatic carbocycles. The van der Waals surface area contributed by atoms with Gasteiger partial charge in [0.1, 0.15) is 6.07 Å². The number of piperidine rings is 1. The fourth-order valence-corrected chi connectivity index (χ4v) is 4.01. The number of halogens is 1. The third-order valence-electron chi connectivity index (χ3n) is 4.61. The number of nitrogens with one attached hydrogen (secondary N) is 2. The van der Waals surface area contributed by atoms with Crippen molar-refractivity contribution in [3.05, 3.63) is 29.8 Å². The molecule has 1 saturated heterocycles. The number of nitrogens with zero attached hydrogens (tertiary/aromatic N) is 3. The Balaban J connectivity index is 0.00000392. The number of guanidine groups is 1. The highest BCUT2D eigenvalue weighted by Gasteiger charge is 2.23. The molecule has 1 aromatic rings. The molecule has 1 aliphatic heterocycles. The molecule has 1 fully saturated rings. The van der Waals surface area contributed by atoms with E-state index in [-0.39, 0.29) is 34.8 Å². The summed E-state index contributed by atoms with van der Waals surface area (Å²) in [5.41, 5.74) is 1.71. The number of anilines is 1. The lowest BCUT2D eigenvalue weighted by molar-refractivity contribution is 0.468. The molecule has 2 atom stereocenters. The zero-order valence-electron chi connectivity index (χ0n) is 17.2. The van der Waals surface area contributed by atoms with E-state index in [2.05, 4.69) is 26.6 Å². The second kappa shape index (κ2) is 11.6. The van der Waals surface area contributed by atoms with Crippen molar-refractivity contribution in [3.63, 3.8) is 0 Å². The summed E-state index contributed by atoms with van der Waals surface area (Å²) in [6.07, 6.45) is 2.11. The van der Waals surface area contributed by atoms with Crippen LogP contribution >= 0.6 is 24.0 Å². The van der Waals surface area contributed by atoms with Crippen molar-refractivity contribution in [1.29, 1.82) is 5.26 Å². The molecule has 2 unspecified atom stereocenters. The quantitative estimate of drug-likeness (QED) is 0.357. The van der Waals surface area contributed by atoms with E-state index < -0.39 is 10.8 Å². The molecular formula is C20H32IN5OS. The molecule has 0 spiro atoms. The third-order valence-corrected chi connectivity index (χ3v) is 6.55. The molecule has 0 radical (unpaired) electrons. The van der Waals surface area contributed by atoms with Gasteiger partial charge in [0.15, 0.2) is 5.96 Å². The van der Waals surface area contributed by atoms with Crippen LogP contribution in [0.3, 0.4) is 0 Å². The number of rotatable bonds is 5. The smallest absolute Gasteiger partial charge is 0.191 e. The third kappa shape index (κ3) is 7.24. The number of hydrogen-bond acceptors (Lipinski definition) is 4. The van der Waals surface area contributed by atoms with E-state index in [4.69, 9.17) is 0 Å². The second-order valence-electron chi connectivity index (χ2n) is 7.72. The summed E-state index contributed by atoms with van der Waals surface area (Å²) < 4.78 is 12.0. The van der Waals surface area contributed by atoms with Crippen LogP contribution in [0.4, 0.5) is 5.69 Å². The summed E-state index contributed by atoms with van der Waals surface area (Å²) in [4.78, 5) is 6.56. The highest BCUT2D eigenvalue weighted by Crippen LogP contribution is 2.23. The van der Waals surface area contributed by atoms with Crippen LogP contribution in [0, 0.1) is 11.3 Å². The van der Waals surface area contributed by atoms with Crippen molar-refractivity contribution in [1.82, 2.24) is 10.6 Å². The van der Waals surface area contributed by atoms with Crippen molar-refractivity contribution in [3.8, 4) is 6.07 Å². The second-order valence-corrected chi connectivity index (χ2v) is 10.0. The maximum atomic E-state index is 12.2. The summed E-state index contributed by atoms with van der Waals surface area (Å²) >= 11 is 0. The standard InChI is InChI=1S/C20H31N5OS.HI/c1-20(2,3)27(26)13-11-23-19(22-4)24-17-9-7-12-25(15-17)18-10-6-5-8-16(18)14-21;/h5-6,8,10,17H,7,9,11-13,15H2,1-4H3,(H2,22,23,24);1H. The van der Waals surface area contributed by atoms with Crippen molar-refractivity contribution in [2.75, 3.05) is 37.3 Å². The van der Waals surface area contributed by atoms with Gasteiger partial charge in [-0.3, -0.25) is 9.20 Å². The lowest BCUT2D eigenvalue weighted by Gasteiger charge is -2.35. The fraction of sp³-hybridized carbons (Fsp3) is 0.600. The van der Waals surface area contributed by atoms with Gasteiger partial charge in [0.05, 0.1) is 11.3 Å². The minimum absolute atomic E-state index is 0. The van der Waals surface area contributed by atoms with Gasteiger partial charge in [-0.05, 0) is 45.7 Å². The van der Waals surface area contributed by atoms with Crippen LogP contribution in [0.1, 0.15) is 39.2 Å². The zero-order chi connectivity index (χ0) is 19.9. The van der Waals surface area contributed by atoms with E-state index in [9.17, 15) is 9.47 Å². The first kappa shape index (κ1) is 24.7. The predicted molar refractivity (Wildman–Crippen MR) is 129 cm³/mol. The van der Waals surface area contributed by atoms with Crippen LogP contribution in [0.2, 0.25) is 0 Å². The van der Waals surface area contributed by atoms with E-state index in [1.807, 2.05) is 45.0 Å². The molecule has 6 nitrogen and oxygen atoms in total. The topological polar surface area (TPSA) is 80.5 Å². The number of nitriles is 1. The molecule has 0 bridgehead atoms. The molecule has 28 heavy (non-hydrogen) atoms. The van der Waals surface area contributed by atoms with Gasteiger partial charge < -0.3 is 15.5 Å². The highest BCUT2D eigenvalue weighted by atomic mass is 127. The Kier molecular flexibility index (Phi) is 10.2. The summed E-state index contributed by atoms with van der Waals surface area (Å²) in [6.45, 7) is 8.38. The Labute approximate surface area is 188 Å². The average molecular weight is 517 g/mol.